The second kappa shape index (κ2) is 8.36. The number of piperidine rings is 1. The summed E-state index contributed by atoms with van der Waals surface area (Å²) in [5.74, 6) is -2.02. The Morgan fingerprint density at radius 1 is 1.31 bits per heavy atom. The van der Waals surface area contributed by atoms with E-state index in [-0.39, 0.29) is 17.2 Å². The molecule has 1 unspecified atom stereocenters. The summed E-state index contributed by atoms with van der Waals surface area (Å²) in [6, 6.07) is 3.73. The zero-order valence-electron chi connectivity index (χ0n) is 15.8. The summed E-state index contributed by atoms with van der Waals surface area (Å²) in [6.07, 6.45) is -1.22. The molecule has 2 heterocycles. The predicted octanol–water partition coefficient (Wildman–Crippen LogP) is 3.57. The van der Waals surface area contributed by atoms with E-state index in [1.54, 1.807) is 19.2 Å². The summed E-state index contributed by atoms with van der Waals surface area (Å²) in [7, 11) is 0. The molecule has 9 heteroatoms. The third-order valence-electron chi connectivity index (χ3n) is 4.99. The number of alkyl halides is 3. The highest BCUT2D eigenvalue weighted by Crippen LogP contribution is 2.32. The quantitative estimate of drug-likeness (QED) is 0.757. The summed E-state index contributed by atoms with van der Waals surface area (Å²) >= 11 is 0. The van der Waals surface area contributed by atoms with E-state index < -0.39 is 29.0 Å². The first-order chi connectivity index (χ1) is 13.7. The Hall–Kier alpha value is -2.68. The van der Waals surface area contributed by atoms with Crippen LogP contribution < -0.4 is 16.2 Å². The largest absolute Gasteiger partial charge is 0.419 e. The van der Waals surface area contributed by atoms with Crippen LogP contribution in [-0.4, -0.2) is 23.6 Å². The zero-order valence-corrected chi connectivity index (χ0v) is 15.8. The number of pyridine rings is 1. The number of rotatable bonds is 4. The Morgan fingerprint density at radius 3 is 2.69 bits per heavy atom. The summed E-state index contributed by atoms with van der Waals surface area (Å²) in [4.78, 5) is 25.4. The molecule has 0 aliphatic carbocycles. The summed E-state index contributed by atoms with van der Waals surface area (Å²) in [5, 5.41) is 5.58. The van der Waals surface area contributed by atoms with Gasteiger partial charge < -0.3 is 15.2 Å². The van der Waals surface area contributed by atoms with E-state index in [9.17, 15) is 27.2 Å². The number of nitrogens with zero attached hydrogens (tertiary/aromatic N) is 1. The minimum absolute atomic E-state index is 0.114. The lowest BCUT2D eigenvalue weighted by Gasteiger charge is -2.23. The van der Waals surface area contributed by atoms with Crippen LogP contribution in [0.1, 0.15) is 34.3 Å². The molecular weight excluding hydrogens is 390 g/mol. The number of hydrogen-bond donors (Lipinski definition) is 2. The molecule has 0 bridgehead atoms. The molecule has 0 radical (unpaired) electrons. The van der Waals surface area contributed by atoms with Crippen molar-refractivity contribution in [3.63, 3.8) is 0 Å². The third kappa shape index (κ3) is 4.84. The van der Waals surface area contributed by atoms with Crippen molar-refractivity contribution in [3.8, 4) is 0 Å². The zero-order chi connectivity index (χ0) is 21.2. The molecule has 29 heavy (non-hydrogen) atoms. The number of benzene rings is 1. The smallest absolute Gasteiger partial charge is 0.322 e. The lowest BCUT2D eigenvalue weighted by Crippen LogP contribution is -2.36. The first-order valence-corrected chi connectivity index (χ1v) is 9.25. The van der Waals surface area contributed by atoms with Gasteiger partial charge in [0.15, 0.2) is 0 Å². The maximum absolute atomic E-state index is 13.7. The fraction of sp³-hybridized carbons (Fsp3) is 0.400. The molecule has 1 fully saturated rings. The molecular formula is C20H21F4N3O2. The molecule has 0 saturated carbocycles. The van der Waals surface area contributed by atoms with Gasteiger partial charge in [0.05, 0.1) is 5.56 Å². The van der Waals surface area contributed by atoms with E-state index in [0.717, 1.165) is 32.0 Å². The molecule has 1 aliphatic rings. The van der Waals surface area contributed by atoms with Crippen LogP contribution in [0, 0.1) is 18.7 Å². The molecule has 5 nitrogen and oxygen atoms in total. The molecule has 156 valence electrons. The molecule has 1 saturated heterocycles. The second-order valence-electron chi connectivity index (χ2n) is 7.19. The standard InChI is InChI=1S/C20H21F4N3O2/c1-12-6-8-27(11-13-3-2-7-25-10-13)19(29)17(12)18(28)26-14-4-5-15(16(21)9-14)20(22,23)24/h4-6,8-9,13,25H,2-3,7,10-11H2,1H3,(H,26,28). The van der Waals surface area contributed by atoms with E-state index in [0.29, 0.717) is 24.2 Å². The lowest BCUT2D eigenvalue weighted by molar-refractivity contribution is -0.139. The van der Waals surface area contributed by atoms with Crippen LogP contribution in [0.5, 0.6) is 0 Å². The van der Waals surface area contributed by atoms with Gasteiger partial charge in [-0.25, -0.2) is 4.39 Å². The van der Waals surface area contributed by atoms with E-state index >= 15 is 0 Å². The highest BCUT2D eigenvalue weighted by Gasteiger charge is 2.34. The monoisotopic (exact) mass is 411 g/mol. The van der Waals surface area contributed by atoms with Crippen molar-refractivity contribution in [3.05, 3.63) is 63.3 Å². The van der Waals surface area contributed by atoms with Gasteiger partial charge >= 0.3 is 6.18 Å². The number of aryl methyl sites for hydroxylation is 1. The molecule has 1 amide bonds. The summed E-state index contributed by atoms with van der Waals surface area (Å²) in [6.45, 7) is 3.78. The normalized spacial score (nSPS) is 17.2. The molecule has 0 spiro atoms. The molecule has 3 rings (SSSR count). The van der Waals surface area contributed by atoms with Gasteiger partial charge in [0, 0.05) is 18.4 Å². The average Bonchev–Trinajstić information content (AvgIpc) is 2.64. The topological polar surface area (TPSA) is 63.1 Å². The molecule has 2 aromatic rings. The number of carbonyl (C=O) groups is 1. The number of carbonyl (C=O) groups excluding carboxylic acids is 1. The lowest BCUT2D eigenvalue weighted by atomic mass is 9.99. The Labute approximate surface area is 164 Å². The van der Waals surface area contributed by atoms with Crippen molar-refractivity contribution < 1.29 is 22.4 Å². The number of aromatic nitrogens is 1. The number of nitrogens with one attached hydrogen (secondary N) is 2. The van der Waals surface area contributed by atoms with Crippen LogP contribution in [0.3, 0.4) is 0 Å². The van der Waals surface area contributed by atoms with E-state index in [2.05, 4.69) is 10.6 Å². The predicted molar refractivity (Wildman–Crippen MR) is 100 cm³/mol. The third-order valence-corrected chi connectivity index (χ3v) is 4.99. The van der Waals surface area contributed by atoms with Gasteiger partial charge in [0.1, 0.15) is 11.4 Å². The number of anilines is 1. The number of halogens is 4. The second-order valence-corrected chi connectivity index (χ2v) is 7.19. The summed E-state index contributed by atoms with van der Waals surface area (Å²) in [5.41, 5.74) is -1.75. The van der Waals surface area contributed by atoms with Gasteiger partial charge in [0.2, 0.25) is 0 Å². The van der Waals surface area contributed by atoms with Crippen molar-refractivity contribution in [1.29, 1.82) is 0 Å². The Balaban J connectivity index is 1.82. The highest BCUT2D eigenvalue weighted by atomic mass is 19.4. The summed E-state index contributed by atoms with van der Waals surface area (Å²) < 4.78 is 53.2. The maximum atomic E-state index is 13.7. The van der Waals surface area contributed by atoms with Crippen LogP contribution in [0.25, 0.3) is 0 Å². The van der Waals surface area contributed by atoms with Crippen LogP contribution in [0.4, 0.5) is 23.2 Å². The Bertz CT molecular complexity index is 963. The average molecular weight is 411 g/mol. The molecule has 2 N–H and O–H groups in total. The SMILES string of the molecule is Cc1ccn(CC2CCCNC2)c(=O)c1C(=O)Nc1ccc(C(F)(F)F)c(F)c1. The molecule has 1 aliphatic heterocycles. The van der Waals surface area contributed by atoms with Crippen molar-refractivity contribution in [2.24, 2.45) is 5.92 Å². The van der Waals surface area contributed by atoms with Gasteiger partial charge in [-0.15, -0.1) is 0 Å². The number of amides is 1. The molecule has 1 aromatic heterocycles. The van der Waals surface area contributed by atoms with Crippen molar-refractivity contribution >= 4 is 11.6 Å². The van der Waals surface area contributed by atoms with Gasteiger partial charge in [0.25, 0.3) is 11.5 Å². The molecule has 1 atom stereocenters. The highest BCUT2D eigenvalue weighted by molar-refractivity contribution is 6.05. The van der Waals surface area contributed by atoms with Crippen LogP contribution in [0.15, 0.2) is 35.3 Å². The van der Waals surface area contributed by atoms with Gasteiger partial charge in [-0.1, -0.05) is 0 Å². The van der Waals surface area contributed by atoms with Gasteiger partial charge in [-0.2, -0.15) is 13.2 Å². The fourth-order valence-corrected chi connectivity index (χ4v) is 3.46. The van der Waals surface area contributed by atoms with Crippen LogP contribution in [0.2, 0.25) is 0 Å². The molecule has 1 aromatic carbocycles. The number of hydrogen-bond acceptors (Lipinski definition) is 3. The Kier molecular flexibility index (Phi) is 6.07. The maximum Gasteiger partial charge on any atom is 0.419 e. The van der Waals surface area contributed by atoms with Gasteiger partial charge in [-0.3, -0.25) is 9.59 Å². The minimum atomic E-state index is -4.83. The van der Waals surface area contributed by atoms with Gasteiger partial charge in [-0.05, 0) is 68.6 Å². The first kappa shape index (κ1) is 21.0. The van der Waals surface area contributed by atoms with E-state index in [1.165, 1.54) is 4.57 Å². The Morgan fingerprint density at radius 2 is 2.07 bits per heavy atom. The van der Waals surface area contributed by atoms with Crippen LogP contribution in [-0.2, 0) is 12.7 Å². The van der Waals surface area contributed by atoms with Crippen molar-refractivity contribution in [1.82, 2.24) is 9.88 Å². The van der Waals surface area contributed by atoms with Crippen LogP contribution >= 0.6 is 0 Å². The van der Waals surface area contributed by atoms with E-state index in [1.807, 2.05) is 0 Å². The minimum Gasteiger partial charge on any atom is -0.322 e. The first-order valence-electron chi connectivity index (χ1n) is 9.25. The fourth-order valence-electron chi connectivity index (χ4n) is 3.46. The van der Waals surface area contributed by atoms with E-state index in [4.69, 9.17) is 0 Å². The van der Waals surface area contributed by atoms with Crippen molar-refractivity contribution in [2.75, 3.05) is 18.4 Å². The van der Waals surface area contributed by atoms with Crippen molar-refractivity contribution in [2.45, 2.75) is 32.5 Å².